The van der Waals surface area contributed by atoms with Gasteiger partial charge in [0, 0.05) is 43.4 Å². The average Bonchev–Trinajstić information content (AvgIpc) is 3.69. The molecule has 2 atom stereocenters. The number of hydrogen-bond acceptors (Lipinski definition) is 6. The number of likely N-dealkylation sites (tertiary alicyclic amines) is 1. The molecule has 1 unspecified atom stereocenters. The zero-order valence-electron chi connectivity index (χ0n) is 25.4. The minimum absolute atomic E-state index is 0.0146. The molecule has 2 aliphatic rings. The third kappa shape index (κ3) is 6.72. The molecule has 1 amide bonds. The van der Waals surface area contributed by atoms with Gasteiger partial charge >= 0.3 is 6.18 Å². The second-order valence-electron chi connectivity index (χ2n) is 12.0. The van der Waals surface area contributed by atoms with Crippen LogP contribution in [0.4, 0.5) is 19.0 Å². The lowest BCUT2D eigenvalue weighted by atomic mass is 9.92. The first-order chi connectivity index (χ1) is 20.5. The van der Waals surface area contributed by atoms with E-state index in [2.05, 4.69) is 57.2 Å². The van der Waals surface area contributed by atoms with Crippen LogP contribution >= 0.6 is 0 Å². The van der Waals surface area contributed by atoms with Crippen LogP contribution in [0.25, 0.3) is 11.1 Å². The molecule has 0 aliphatic carbocycles. The number of hydrogen-bond donors (Lipinski definition) is 0. The van der Waals surface area contributed by atoms with Crippen LogP contribution in [0.1, 0.15) is 79.7 Å². The number of carbonyl (C=O) groups is 1. The van der Waals surface area contributed by atoms with Crippen LogP contribution in [0.5, 0.6) is 0 Å². The summed E-state index contributed by atoms with van der Waals surface area (Å²) in [6, 6.07) is 9.44. The highest BCUT2D eigenvalue weighted by molar-refractivity contribution is 5.94. The van der Waals surface area contributed by atoms with Gasteiger partial charge in [0.1, 0.15) is 12.1 Å². The summed E-state index contributed by atoms with van der Waals surface area (Å²) in [6.07, 6.45) is 0.701. The number of aromatic nitrogens is 1. The summed E-state index contributed by atoms with van der Waals surface area (Å²) in [7, 11) is 2.12. The van der Waals surface area contributed by atoms with E-state index >= 15 is 0 Å². The van der Waals surface area contributed by atoms with Crippen LogP contribution in [0.2, 0.25) is 0 Å². The summed E-state index contributed by atoms with van der Waals surface area (Å²) in [5, 5.41) is 6.50. The number of piperazine rings is 1. The summed E-state index contributed by atoms with van der Waals surface area (Å²) in [4.78, 5) is 25.2. The summed E-state index contributed by atoms with van der Waals surface area (Å²) >= 11 is 0. The molecule has 0 radical (unpaired) electrons. The number of alkyl halides is 3. The molecular formula is C33H40F3N5O2. The van der Waals surface area contributed by atoms with Crippen molar-refractivity contribution in [3.8, 4) is 17.7 Å². The highest BCUT2D eigenvalue weighted by Crippen LogP contribution is 2.42. The molecule has 2 aromatic heterocycles. The SMILES string of the molecule is C#N.CC(C)c1nc(N2CCN(C(=O)c3ccoc3)C(C(C)C)C2)c([C@H]2CCCN2C)cc1-c1ccc(C(F)(F)F)cc1. The maximum atomic E-state index is 13.3. The Morgan fingerprint density at radius 1 is 1.07 bits per heavy atom. The van der Waals surface area contributed by atoms with Crippen LogP contribution < -0.4 is 4.90 Å². The predicted molar refractivity (Wildman–Crippen MR) is 161 cm³/mol. The third-order valence-corrected chi connectivity index (χ3v) is 8.53. The lowest BCUT2D eigenvalue weighted by Gasteiger charge is -2.44. The van der Waals surface area contributed by atoms with Gasteiger partial charge in [-0.1, -0.05) is 39.8 Å². The van der Waals surface area contributed by atoms with E-state index in [1.54, 1.807) is 18.2 Å². The third-order valence-electron chi connectivity index (χ3n) is 8.53. The molecule has 2 fully saturated rings. The Balaban J connectivity index is 0.00000207. The molecule has 7 nitrogen and oxygen atoms in total. The molecule has 0 spiro atoms. The van der Waals surface area contributed by atoms with Crippen molar-refractivity contribution in [3.63, 3.8) is 0 Å². The summed E-state index contributed by atoms with van der Waals surface area (Å²) < 4.78 is 45.1. The topological polar surface area (TPSA) is 76.6 Å². The van der Waals surface area contributed by atoms with E-state index in [9.17, 15) is 18.0 Å². The molecule has 5 rings (SSSR count). The molecule has 43 heavy (non-hydrogen) atoms. The normalized spacial score (nSPS) is 19.5. The Morgan fingerprint density at radius 2 is 1.77 bits per heavy atom. The van der Waals surface area contributed by atoms with Gasteiger partial charge in [-0.15, -0.1) is 0 Å². The maximum absolute atomic E-state index is 13.3. The minimum Gasteiger partial charge on any atom is -0.472 e. The summed E-state index contributed by atoms with van der Waals surface area (Å²) in [5.41, 5.74) is 3.47. The van der Waals surface area contributed by atoms with Gasteiger partial charge in [0.2, 0.25) is 0 Å². The molecule has 0 N–H and O–H groups in total. The Labute approximate surface area is 251 Å². The molecule has 230 valence electrons. The van der Waals surface area contributed by atoms with Crippen molar-refractivity contribution in [2.75, 3.05) is 38.1 Å². The van der Waals surface area contributed by atoms with Gasteiger partial charge in [-0.2, -0.15) is 13.2 Å². The molecule has 3 aromatic rings. The van der Waals surface area contributed by atoms with Gasteiger partial charge < -0.3 is 14.2 Å². The molecule has 4 heterocycles. The number of pyridine rings is 1. The summed E-state index contributed by atoms with van der Waals surface area (Å²) in [6.45, 7) is 14.7. The van der Waals surface area contributed by atoms with Crippen LogP contribution in [0.15, 0.2) is 53.3 Å². The van der Waals surface area contributed by atoms with Gasteiger partial charge in [-0.05, 0) is 68.1 Å². The Morgan fingerprint density at radius 3 is 2.30 bits per heavy atom. The zero-order chi connectivity index (χ0) is 31.5. The number of halogens is 3. The fraction of sp³-hybridized carbons (Fsp3) is 0.485. The van der Waals surface area contributed by atoms with E-state index in [0.29, 0.717) is 25.2 Å². The largest absolute Gasteiger partial charge is 0.472 e. The van der Waals surface area contributed by atoms with Crippen molar-refractivity contribution in [2.24, 2.45) is 5.92 Å². The van der Waals surface area contributed by atoms with Crippen molar-refractivity contribution in [1.82, 2.24) is 14.8 Å². The minimum atomic E-state index is -4.38. The maximum Gasteiger partial charge on any atom is 0.416 e. The fourth-order valence-corrected chi connectivity index (χ4v) is 6.22. The number of benzene rings is 1. The zero-order valence-corrected chi connectivity index (χ0v) is 25.4. The van der Waals surface area contributed by atoms with Crippen LogP contribution in [0.3, 0.4) is 0 Å². The monoisotopic (exact) mass is 595 g/mol. The van der Waals surface area contributed by atoms with Crippen molar-refractivity contribution in [3.05, 3.63) is 71.3 Å². The van der Waals surface area contributed by atoms with E-state index in [4.69, 9.17) is 14.7 Å². The molecule has 0 bridgehead atoms. The number of carbonyl (C=O) groups excluding carboxylic acids is 1. The predicted octanol–water partition coefficient (Wildman–Crippen LogP) is 7.38. The second-order valence-corrected chi connectivity index (χ2v) is 12.0. The van der Waals surface area contributed by atoms with E-state index < -0.39 is 11.7 Å². The van der Waals surface area contributed by atoms with Gasteiger partial charge in [-0.3, -0.25) is 9.69 Å². The lowest BCUT2D eigenvalue weighted by Crippen LogP contribution is -2.57. The standard InChI is InChI=1S/C32H39F3N4O2.CHN/c1-20(2)28-18-38(14-15-39(28)31(40)23-12-16-41-19-23)30-26(27-7-6-13-37(27)5)17-25(29(36-30)21(3)4)22-8-10-24(11-9-22)32(33,34)35;1-2/h8-12,16-17,19-21,27-28H,6-7,13-15,18H2,1-5H3;1H/t27-,28?;/m1./s1. The van der Waals surface area contributed by atoms with E-state index in [0.717, 1.165) is 59.7 Å². The van der Waals surface area contributed by atoms with Crippen LogP contribution in [0, 0.1) is 17.8 Å². The Kier molecular flexibility index (Phi) is 9.86. The average molecular weight is 596 g/mol. The van der Waals surface area contributed by atoms with Gasteiger partial charge in [0.05, 0.1) is 29.1 Å². The quantitative estimate of drug-likeness (QED) is 0.296. The van der Waals surface area contributed by atoms with Crippen molar-refractivity contribution in [1.29, 1.82) is 5.26 Å². The number of furan rings is 1. The molecule has 0 saturated carbocycles. The number of anilines is 1. The Hall–Kier alpha value is -3.84. The smallest absolute Gasteiger partial charge is 0.416 e. The Bertz CT molecular complexity index is 1400. The van der Waals surface area contributed by atoms with Crippen molar-refractivity contribution in [2.45, 2.75) is 64.7 Å². The van der Waals surface area contributed by atoms with Gasteiger partial charge in [0.25, 0.3) is 5.91 Å². The van der Waals surface area contributed by atoms with Crippen molar-refractivity contribution >= 4 is 11.7 Å². The fourth-order valence-electron chi connectivity index (χ4n) is 6.22. The molecule has 10 heteroatoms. The van der Waals surface area contributed by atoms with Crippen LogP contribution in [-0.4, -0.2) is 60.0 Å². The number of amides is 1. The first-order valence-electron chi connectivity index (χ1n) is 14.7. The van der Waals surface area contributed by atoms with E-state index in [-0.39, 0.29) is 29.8 Å². The van der Waals surface area contributed by atoms with Gasteiger partial charge in [-0.25, -0.2) is 10.2 Å². The molecular weight excluding hydrogens is 555 g/mol. The van der Waals surface area contributed by atoms with E-state index in [1.165, 1.54) is 12.5 Å². The summed E-state index contributed by atoms with van der Waals surface area (Å²) in [5.74, 6) is 1.18. The van der Waals surface area contributed by atoms with Crippen LogP contribution in [-0.2, 0) is 6.18 Å². The number of nitriles is 1. The van der Waals surface area contributed by atoms with Crippen molar-refractivity contribution < 1.29 is 22.4 Å². The first-order valence-corrected chi connectivity index (χ1v) is 14.7. The highest BCUT2D eigenvalue weighted by atomic mass is 19.4. The highest BCUT2D eigenvalue weighted by Gasteiger charge is 2.37. The molecule has 2 aliphatic heterocycles. The number of nitrogens with zero attached hydrogens (tertiary/aromatic N) is 5. The van der Waals surface area contributed by atoms with E-state index in [1.807, 2.05) is 4.90 Å². The first kappa shape index (κ1) is 32.1. The molecule has 1 aromatic carbocycles. The van der Waals surface area contributed by atoms with Gasteiger partial charge in [0.15, 0.2) is 0 Å². The lowest BCUT2D eigenvalue weighted by molar-refractivity contribution is -0.137. The second kappa shape index (κ2) is 13.2. The number of rotatable bonds is 6. The molecule has 2 saturated heterocycles.